The van der Waals surface area contributed by atoms with E-state index in [9.17, 15) is 19.4 Å². The van der Waals surface area contributed by atoms with Gasteiger partial charge in [-0.1, -0.05) is 24.6 Å². The van der Waals surface area contributed by atoms with Crippen molar-refractivity contribution in [2.24, 2.45) is 10.2 Å². The molecule has 0 fully saturated rings. The summed E-state index contributed by atoms with van der Waals surface area (Å²) >= 11 is 0. The molecule has 0 unspecified atom stereocenters. The van der Waals surface area contributed by atoms with Crippen molar-refractivity contribution in [2.75, 3.05) is 0 Å². The summed E-state index contributed by atoms with van der Waals surface area (Å²) in [6.07, 6.45) is -0.170. The first-order valence-corrected chi connectivity index (χ1v) is 6.91. The van der Waals surface area contributed by atoms with Crippen LogP contribution in [0.1, 0.15) is 0 Å². The molecule has 18 heteroatoms. The van der Waals surface area contributed by atoms with Crippen LogP contribution in [-0.4, -0.2) is 29.9 Å². The summed E-state index contributed by atoms with van der Waals surface area (Å²) in [6.45, 7) is 0. The number of hydrogen-bond acceptors (Lipinski definition) is 7. The number of rotatable bonds is 4. The molecule has 0 aromatic carbocycles. The number of hydrogen-bond donors (Lipinski definition) is 0. The predicted molar refractivity (Wildman–Crippen MR) is 63.8 cm³/mol. The quantitative estimate of drug-likeness (QED) is 0.348. The van der Waals surface area contributed by atoms with Crippen LogP contribution in [0.15, 0.2) is 21.5 Å². The lowest BCUT2D eigenvalue weighted by Gasteiger charge is -2.37. The number of aromatic nitrogens is 6. The van der Waals surface area contributed by atoms with Gasteiger partial charge < -0.3 is 0 Å². The van der Waals surface area contributed by atoms with Crippen LogP contribution in [0.3, 0.4) is 0 Å². The van der Waals surface area contributed by atoms with E-state index in [0.29, 0.717) is 0 Å². The lowest BCUT2D eigenvalue weighted by molar-refractivity contribution is 0.358. The highest BCUT2D eigenvalue weighted by Crippen LogP contribution is 3.01. The molecule has 0 aliphatic rings. The summed E-state index contributed by atoms with van der Waals surface area (Å²) in [7, 11) is -10.0. The zero-order chi connectivity index (χ0) is 17.4. The van der Waals surface area contributed by atoms with Crippen molar-refractivity contribution in [3.05, 3.63) is 27.1 Å². The third kappa shape index (κ3) is 3.70. The maximum absolute atomic E-state index is 12.6. The second-order valence-corrected chi connectivity index (χ2v) is 5.94. The van der Waals surface area contributed by atoms with E-state index >= 15 is 0 Å². The Labute approximate surface area is 121 Å². The fourth-order valence-corrected chi connectivity index (χ4v) is 1.63. The molecule has 0 aliphatic carbocycles. The first kappa shape index (κ1) is 16.1. The second kappa shape index (κ2) is 4.38. The van der Waals surface area contributed by atoms with Crippen LogP contribution in [0, 0.1) is 0 Å². The summed E-state index contributed by atoms with van der Waals surface area (Å²) in [5, 5.41) is 8.49. The summed E-state index contributed by atoms with van der Waals surface area (Å²) in [5.41, 5.74) is 16.5. The topological polar surface area (TPSA) is 167 Å². The van der Waals surface area contributed by atoms with Gasteiger partial charge in [-0.15, -0.1) is 5.10 Å². The molecular formula is C5HF5N12S. The standard InChI is InChI=1S/C5HF5N12S/c6-23(7,8,9,10)2-1-22(21-16-2)5-14-3(17-19-11)13-4(15-5)18-20-12/h1H. The Balaban J connectivity index is 2.62. The van der Waals surface area contributed by atoms with Crippen LogP contribution in [0.5, 0.6) is 0 Å². The molecule has 2 aromatic rings. The molecule has 0 aliphatic heterocycles. The molecule has 0 radical (unpaired) electrons. The molecular weight excluding hydrogens is 355 g/mol. The lowest BCUT2D eigenvalue weighted by atomic mass is 10.8. The average molecular weight is 356 g/mol. The van der Waals surface area contributed by atoms with E-state index in [1.165, 1.54) is 0 Å². The van der Waals surface area contributed by atoms with Gasteiger partial charge in [0.25, 0.3) is 5.95 Å². The van der Waals surface area contributed by atoms with Gasteiger partial charge >= 0.3 is 10.2 Å². The first-order chi connectivity index (χ1) is 10.4. The Bertz CT molecular complexity index is 837. The number of azide groups is 2. The van der Waals surface area contributed by atoms with E-state index in [0.717, 1.165) is 0 Å². The van der Waals surface area contributed by atoms with Gasteiger partial charge in [-0.3, -0.25) is 0 Å². The van der Waals surface area contributed by atoms with Crippen molar-refractivity contribution in [3.8, 4) is 5.95 Å². The molecule has 2 heterocycles. The molecule has 12 nitrogen and oxygen atoms in total. The summed E-state index contributed by atoms with van der Waals surface area (Å²) in [4.78, 5) is 14.7. The predicted octanol–water partition coefficient (Wildman–Crippen LogP) is 3.99. The van der Waals surface area contributed by atoms with Crippen LogP contribution in [0.25, 0.3) is 26.8 Å². The summed E-state index contributed by atoms with van der Waals surface area (Å²) < 4.78 is 63.0. The monoisotopic (exact) mass is 356 g/mol. The molecule has 0 atom stereocenters. The third-order valence-electron chi connectivity index (χ3n) is 1.94. The smallest absolute Gasteiger partial charge is 0.205 e. The molecule has 23 heavy (non-hydrogen) atoms. The van der Waals surface area contributed by atoms with Crippen LogP contribution in [0.2, 0.25) is 0 Å². The van der Waals surface area contributed by atoms with Crippen LogP contribution in [0.4, 0.5) is 31.3 Å². The number of halogens is 5. The fourth-order valence-electron chi connectivity index (χ4n) is 1.14. The first-order valence-electron chi connectivity index (χ1n) is 4.96. The summed E-state index contributed by atoms with van der Waals surface area (Å²) in [6, 6.07) is 0. The van der Waals surface area contributed by atoms with E-state index in [4.69, 9.17) is 11.1 Å². The van der Waals surface area contributed by atoms with Gasteiger partial charge in [0, 0.05) is 9.82 Å². The van der Waals surface area contributed by atoms with Crippen molar-refractivity contribution in [1.29, 1.82) is 0 Å². The van der Waals surface area contributed by atoms with Crippen molar-refractivity contribution < 1.29 is 19.4 Å². The molecule has 0 saturated carbocycles. The van der Waals surface area contributed by atoms with E-state index in [1.807, 2.05) is 0 Å². The second-order valence-electron chi connectivity index (χ2n) is 3.58. The Morgan fingerprint density at radius 2 is 1.48 bits per heavy atom. The van der Waals surface area contributed by atoms with Gasteiger partial charge in [0.1, 0.15) is 0 Å². The molecule has 2 rings (SSSR count). The van der Waals surface area contributed by atoms with Gasteiger partial charge in [-0.25, -0.2) is 4.98 Å². The normalized spacial score (nSPS) is 14.1. The minimum Gasteiger partial charge on any atom is -0.205 e. The van der Waals surface area contributed by atoms with Crippen LogP contribution < -0.4 is 0 Å². The van der Waals surface area contributed by atoms with Crippen molar-refractivity contribution in [1.82, 2.24) is 29.9 Å². The molecule has 0 bridgehead atoms. The maximum Gasteiger partial charge on any atom is 0.329 e. The van der Waals surface area contributed by atoms with Crippen molar-refractivity contribution in [3.63, 3.8) is 0 Å². The van der Waals surface area contributed by atoms with Gasteiger partial charge in [0.15, 0.2) is 0 Å². The molecule has 122 valence electrons. The molecule has 0 N–H and O–H groups in total. The molecule has 2 aromatic heterocycles. The van der Waals surface area contributed by atoms with Crippen molar-refractivity contribution >= 4 is 22.1 Å². The SMILES string of the molecule is [N-]=[N+]=Nc1nc(N=[N+]=[N-])nc(-n2cc(S(F)(F)(F)(F)F)nn2)n1. The van der Waals surface area contributed by atoms with E-state index in [2.05, 4.69) is 45.3 Å². The Kier molecular flexibility index (Phi) is 3.08. The van der Waals surface area contributed by atoms with Gasteiger partial charge in [-0.05, 0) is 21.3 Å². The van der Waals surface area contributed by atoms with E-state index in [-0.39, 0.29) is 10.9 Å². The highest BCUT2D eigenvalue weighted by atomic mass is 32.5. The van der Waals surface area contributed by atoms with Crippen LogP contribution >= 0.6 is 10.2 Å². The van der Waals surface area contributed by atoms with E-state index < -0.39 is 33.1 Å². The number of nitrogens with zero attached hydrogens (tertiary/aromatic N) is 12. The van der Waals surface area contributed by atoms with E-state index in [1.54, 1.807) is 0 Å². The highest BCUT2D eigenvalue weighted by Gasteiger charge is 2.68. The van der Waals surface area contributed by atoms with Gasteiger partial charge in [0.05, 0.1) is 6.20 Å². The minimum atomic E-state index is -10.0. The largest absolute Gasteiger partial charge is 0.329 e. The Morgan fingerprint density at radius 3 is 1.87 bits per heavy atom. The zero-order valence-electron chi connectivity index (χ0n) is 10.2. The third-order valence-corrected chi connectivity index (χ3v) is 2.92. The molecule has 0 amide bonds. The van der Waals surface area contributed by atoms with Gasteiger partial charge in [-0.2, -0.15) is 14.6 Å². The lowest BCUT2D eigenvalue weighted by Crippen LogP contribution is -2.06. The zero-order valence-corrected chi connectivity index (χ0v) is 11.1. The highest BCUT2D eigenvalue weighted by molar-refractivity contribution is 8.45. The van der Waals surface area contributed by atoms with Crippen LogP contribution in [-0.2, 0) is 0 Å². The van der Waals surface area contributed by atoms with Gasteiger partial charge in [0.2, 0.25) is 16.9 Å². The maximum atomic E-state index is 12.6. The molecule has 0 spiro atoms. The van der Waals surface area contributed by atoms with Crippen molar-refractivity contribution in [2.45, 2.75) is 5.03 Å². The molecule has 0 saturated heterocycles. The fraction of sp³-hybridized carbons (Fsp3) is 0. The average Bonchev–Trinajstić information content (AvgIpc) is 2.87. The Morgan fingerprint density at radius 1 is 0.957 bits per heavy atom. The minimum absolute atomic E-state index is 0.127. The Hall–Kier alpha value is -3.23. The summed E-state index contributed by atoms with van der Waals surface area (Å²) in [5.74, 6) is -2.17.